The number of amides is 1. The van der Waals surface area contributed by atoms with Gasteiger partial charge in [0.25, 0.3) is 5.91 Å². The molecule has 5 aliphatic rings. The minimum atomic E-state index is -0.917. The van der Waals surface area contributed by atoms with Gasteiger partial charge < -0.3 is 10.0 Å². The van der Waals surface area contributed by atoms with E-state index in [-0.39, 0.29) is 36.1 Å². The fraction of sp³-hybridized carbons (Fsp3) is 0.308. The first-order valence-corrected chi connectivity index (χ1v) is 12.6. The second-order valence-electron chi connectivity index (χ2n) is 9.61. The molecule has 2 unspecified atom stereocenters. The van der Waals surface area contributed by atoms with Gasteiger partial charge in [-0.05, 0) is 29.7 Å². The van der Waals surface area contributed by atoms with E-state index in [0.717, 1.165) is 22.4 Å². The van der Waals surface area contributed by atoms with Gasteiger partial charge in [0.1, 0.15) is 18.7 Å². The van der Waals surface area contributed by atoms with Crippen LogP contribution < -0.4 is 10.4 Å². The van der Waals surface area contributed by atoms with E-state index in [1.165, 1.54) is 23.0 Å². The summed E-state index contributed by atoms with van der Waals surface area (Å²) < 4.78 is 30.7. The molecule has 0 radical (unpaired) electrons. The van der Waals surface area contributed by atoms with Crippen LogP contribution in [0.1, 0.15) is 39.6 Å². The number of carbonyl (C=O) groups excluding carboxylic acids is 1. The summed E-state index contributed by atoms with van der Waals surface area (Å²) in [6.45, 7) is 0.123. The van der Waals surface area contributed by atoms with E-state index in [2.05, 4.69) is 0 Å². The molecule has 9 heteroatoms. The molecule has 6 nitrogen and oxygen atoms in total. The Morgan fingerprint density at radius 2 is 1.77 bits per heavy atom. The van der Waals surface area contributed by atoms with Crippen molar-refractivity contribution in [3.63, 3.8) is 0 Å². The van der Waals surface area contributed by atoms with Gasteiger partial charge in [-0.25, -0.2) is 8.78 Å². The lowest BCUT2D eigenvalue weighted by Gasteiger charge is -2.65. The summed E-state index contributed by atoms with van der Waals surface area (Å²) in [5.41, 5.74) is 1.46. The molecule has 2 aliphatic heterocycles. The molecule has 3 heterocycles. The van der Waals surface area contributed by atoms with Crippen molar-refractivity contribution < 1.29 is 18.7 Å². The van der Waals surface area contributed by atoms with Crippen LogP contribution >= 0.6 is 11.8 Å². The Balaban J connectivity index is 1.45. The fourth-order valence-electron chi connectivity index (χ4n) is 6.04. The van der Waals surface area contributed by atoms with Crippen LogP contribution in [0.3, 0.4) is 0 Å². The topological polar surface area (TPSA) is 65.8 Å². The number of benzene rings is 2. The molecule has 3 atom stereocenters. The van der Waals surface area contributed by atoms with Crippen molar-refractivity contribution >= 4 is 17.7 Å². The second kappa shape index (κ2) is 7.34. The molecule has 3 aliphatic carbocycles. The minimum Gasteiger partial charge on any atom is -0.502 e. The lowest BCUT2D eigenvalue weighted by Crippen LogP contribution is -2.75. The molecule has 2 aromatic carbocycles. The zero-order chi connectivity index (χ0) is 24.0. The third-order valence-electron chi connectivity index (χ3n) is 8.02. The normalized spacial score (nSPS) is 28.3. The van der Waals surface area contributed by atoms with Crippen molar-refractivity contribution in [1.82, 2.24) is 9.58 Å². The first kappa shape index (κ1) is 21.0. The lowest BCUT2D eigenvalue weighted by atomic mass is 9.49. The summed E-state index contributed by atoms with van der Waals surface area (Å²) in [6, 6.07) is 13.3. The van der Waals surface area contributed by atoms with Crippen molar-refractivity contribution in [2.75, 3.05) is 11.7 Å². The number of alkyl halides is 1. The highest BCUT2D eigenvalue weighted by molar-refractivity contribution is 7.98. The number of nitrogens with zero attached hydrogens (tertiary/aromatic N) is 3. The second-order valence-corrected chi connectivity index (χ2v) is 10.6. The highest BCUT2D eigenvalue weighted by Crippen LogP contribution is 2.58. The van der Waals surface area contributed by atoms with Crippen LogP contribution in [0.5, 0.6) is 5.75 Å². The minimum absolute atomic E-state index is 0.123. The van der Waals surface area contributed by atoms with Crippen molar-refractivity contribution in [3.8, 4) is 5.75 Å². The van der Waals surface area contributed by atoms with E-state index in [4.69, 9.17) is 0 Å². The molecule has 0 saturated heterocycles. The van der Waals surface area contributed by atoms with Crippen LogP contribution in [-0.2, 0) is 5.75 Å². The Labute approximate surface area is 203 Å². The molecule has 2 bridgehead atoms. The smallest absolute Gasteiger partial charge is 0.278 e. The number of aromatic nitrogens is 1. The first-order chi connectivity index (χ1) is 17.0. The molecule has 1 N–H and O–H groups in total. The third kappa shape index (κ3) is 2.75. The van der Waals surface area contributed by atoms with Crippen LogP contribution in [0.25, 0.3) is 0 Å². The molecule has 1 amide bonds. The van der Waals surface area contributed by atoms with E-state index in [1.807, 2.05) is 35.3 Å². The summed E-state index contributed by atoms with van der Waals surface area (Å²) >= 11 is 1.55. The summed E-state index contributed by atoms with van der Waals surface area (Å²) in [5, 5.41) is 12.6. The van der Waals surface area contributed by atoms with Crippen LogP contribution in [0.4, 0.5) is 8.78 Å². The first-order valence-electron chi connectivity index (χ1n) is 11.6. The monoisotopic (exact) mass is 493 g/mol. The predicted octanol–water partition coefficient (Wildman–Crippen LogP) is 3.80. The molecule has 35 heavy (non-hydrogen) atoms. The number of halogens is 2. The number of pyridine rings is 1. The van der Waals surface area contributed by atoms with Gasteiger partial charge in [0.2, 0.25) is 5.43 Å². The zero-order valence-electron chi connectivity index (χ0n) is 18.5. The van der Waals surface area contributed by atoms with Crippen LogP contribution in [0, 0.1) is 17.7 Å². The standard InChI is InChI=1S/C26H21F2N3O3S/c27-18-6-3-5-13-17(18)11-35-20-7-2-1-4-14(20)23(13)31-12-29(22-15-10-16(22)21(15)28)26(34)24-25(33)19(32)8-9-30(24)31/h1-9,15-16,21-23,33H,10-12H2/t15?,16?,21?,22?,23-/m0/s1. The zero-order valence-corrected chi connectivity index (χ0v) is 19.3. The Kier molecular flexibility index (Phi) is 4.40. The van der Waals surface area contributed by atoms with Crippen molar-refractivity contribution in [3.05, 3.63) is 93.2 Å². The summed E-state index contributed by atoms with van der Waals surface area (Å²) in [5.74, 6) is -1.43. The number of aromatic hydroxyl groups is 1. The van der Waals surface area contributed by atoms with Gasteiger partial charge in [-0.15, -0.1) is 11.8 Å². The molecule has 3 saturated carbocycles. The Morgan fingerprint density at radius 3 is 2.54 bits per heavy atom. The van der Waals surface area contributed by atoms with E-state index in [1.54, 1.807) is 22.7 Å². The van der Waals surface area contributed by atoms with Crippen molar-refractivity contribution in [1.29, 1.82) is 0 Å². The SMILES string of the molecule is O=C1c2c(O)c(=O)ccn2N([C@@H]2c3ccccc3SCc3c(F)cccc32)CN1C1C2CC1C2F. The highest BCUT2D eigenvalue weighted by Gasteiger charge is 2.66. The Morgan fingerprint density at radius 1 is 1.00 bits per heavy atom. The quantitative estimate of drug-likeness (QED) is 0.589. The maximum absolute atomic E-state index is 15.0. The number of hydrogen-bond donors (Lipinski definition) is 1. The molecular weight excluding hydrogens is 472 g/mol. The average Bonchev–Trinajstić information content (AvgIpc) is 2.99. The number of hydrogen-bond acceptors (Lipinski definition) is 5. The van der Waals surface area contributed by atoms with E-state index in [0.29, 0.717) is 11.3 Å². The maximum atomic E-state index is 15.0. The molecule has 1 aromatic heterocycles. The molecule has 3 fully saturated rings. The highest BCUT2D eigenvalue weighted by atomic mass is 32.2. The largest absolute Gasteiger partial charge is 0.502 e. The van der Waals surface area contributed by atoms with Crippen molar-refractivity contribution in [2.45, 2.75) is 35.3 Å². The average molecular weight is 494 g/mol. The van der Waals surface area contributed by atoms with E-state index >= 15 is 4.39 Å². The number of thioether (sulfide) groups is 1. The number of fused-ring (bicyclic) bond motifs is 3. The summed E-state index contributed by atoms with van der Waals surface area (Å²) in [4.78, 5) is 28.4. The molecule has 178 valence electrons. The number of rotatable bonds is 2. The van der Waals surface area contributed by atoms with Gasteiger partial charge >= 0.3 is 0 Å². The van der Waals surface area contributed by atoms with Crippen LogP contribution in [0.15, 0.2) is 64.4 Å². The van der Waals surface area contributed by atoms with E-state index in [9.17, 15) is 19.1 Å². The van der Waals surface area contributed by atoms with Gasteiger partial charge in [-0.1, -0.05) is 30.3 Å². The van der Waals surface area contributed by atoms with Gasteiger partial charge in [-0.2, -0.15) is 0 Å². The van der Waals surface area contributed by atoms with Gasteiger partial charge in [0.15, 0.2) is 11.4 Å². The number of carbonyl (C=O) groups is 1. The maximum Gasteiger partial charge on any atom is 0.278 e. The fourth-order valence-corrected chi connectivity index (χ4v) is 7.17. The lowest BCUT2D eigenvalue weighted by molar-refractivity contribution is -0.178. The molecule has 3 aromatic rings. The third-order valence-corrected chi connectivity index (χ3v) is 9.14. The summed E-state index contributed by atoms with van der Waals surface area (Å²) in [6.07, 6.45) is 1.30. The Hall–Kier alpha value is -3.33. The van der Waals surface area contributed by atoms with Gasteiger partial charge in [0.05, 0.1) is 6.04 Å². The van der Waals surface area contributed by atoms with Crippen LogP contribution in [0.2, 0.25) is 0 Å². The molecule has 0 spiro atoms. The Bertz CT molecular complexity index is 1450. The predicted molar refractivity (Wildman–Crippen MR) is 126 cm³/mol. The molecular formula is C26H21F2N3O3S. The van der Waals surface area contributed by atoms with Gasteiger partial charge in [0, 0.05) is 46.4 Å². The van der Waals surface area contributed by atoms with Gasteiger partial charge in [-0.3, -0.25) is 19.3 Å². The van der Waals surface area contributed by atoms with Crippen molar-refractivity contribution in [2.24, 2.45) is 11.8 Å². The molecule has 8 rings (SSSR count). The summed E-state index contributed by atoms with van der Waals surface area (Å²) in [7, 11) is 0. The van der Waals surface area contributed by atoms with E-state index < -0.39 is 29.3 Å². The van der Waals surface area contributed by atoms with Crippen LogP contribution in [-0.4, -0.2) is 39.5 Å².